The van der Waals surface area contributed by atoms with E-state index in [0.717, 1.165) is 11.3 Å². The summed E-state index contributed by atoms with van der Waals surface area (Å²) >= 11 is 5.90. The van der Waals surface area contributed by atoms with Gasteiger partial charge in [-0.3, -0.25) is 4.98 Å². The van der Waals surface area contributed by atoms with Crippen molar-refractivity contribution in [3.05, 3.63) is 47.3 Å². The maximum Gasteiger partial charge on any atom is 0.178 e. The summed E-state index contributed by atoms with van der Waals surface area (Å²) in [5.74, 6) is 0.521. The molecule has 0 aromatic carbocycles. The second kappa shape index (κ2) is 4.90. The Morgan fingerprint density at radius 2 is 2.25 bits per heavy atom. The van der Waals surface area contributed by atoms with Gasteiger partial charge in [0.2, 0.25) is 0 Å². The van der Waals surface area contributed by atoms with Crippen LogP contribution in [0, 0.1) is 0 Å². The van der Waals surface area contributed by atoms with E-state index in [1.807, 2.05) is 12.1 Å². The fourth-order valence-corrected chi connectivity index (χ4v) is 1.64. The molecule has 16 heavy (non-hydrogen) atoms. The predicted octanol–water partition coefficient (Wildman–Crippen LogP) is 2.12. The van der Waals surface area contributed by atoms with E-state index in [2.05, 4.69) is 15.0 Å². The van der Waals surface area contributed by atoms with E-state index in [0.29, 0.717) is 17.3 Å². The van der Waals surface area contributed by atoms with Crippen LogP contribution in [0.1, 0.15) is 11.3 Å². The largest absolute Gasteiger partial charge is 0.492 e. The zero-order valence-electron chi connectivity index (χ0n) is 8.72. The number of halogens is 1. The maximum atomic E-state index is 5.90. The van der Waals surface area contributed by atoms with Crippen LogP contribution in [0.25, 0.3) is 0 Å². The molecule has 0 N–H and O–H groups in total. The van der Waals surface area contributed by atoms with Gasteiger partial charge in [0, 0.05) is 18.8 Å². The zero-order chi connectivity index (χ0) is 11.4. The van der Waals surface area contributed by atoms with Crippen LogP contribution < -0.4 is 4.74 Å². The van der Waals surface area contributed by atoms with Crippen molar-refractivity contribution in [1.29, 1.82) is 0 Å². The Labute approximate surface area is 98.3 Å². The number of rotatable bonds is 3. The summed E-state index contributed by atoms with van der Waals surface area (Å²) in [6, 6.07) is 3.85. The molecule has 0 aliphatic carbocycles. The first-order chi connectivity index (χ1) is 7.81. The van der Waals surface area contributed by atoms with Crippen molar-refractivity contribution >= 4 is 11.6 Å². The molecule has 0 amide bonds. The number of ether oxygens (including phenoxy) is 1. The van der Waals surface area contributed by atoms with E-state index in [1.54, 1.807) is 19.5 Å². The highest BCUT2D eigenvalue weighted by molar-refractivity contribution is 6.30. The van der Waals surface area contributed by atoms with Crippen LogP contribution in [0.5, 0.6) is 5.75 Å². The normalized spacial score (nSPS) is 10.1. The monoisotopic (exact) mass is 235 g/mol. The number of aromatic nitrogens is 3. The van der Waals surface area contributed by atoms with Crippen LogP contribution >= 0.6 is 11.6 Å². The molecule has 0 unspecified atom stereocenters. The smallest absolute Gasteiger partial charge is 0.178 e. The molecular weight excluding hydrogens is 226 g/mol. The predicted molar refractivity (Wildman–Crippen MR) is 60.6 cm³/mol. The third kappa shape index (κ3) is 2.28. The molecular formula is C11H10ClN3O. The van der Waals surface area contributed by atoms with Crippen LogP contribution in [0.15, 0.2) is 30.9 Å². The molecule has 2 aromatic heterocycles. The van der Waals surface area contributed by atoms with Crippen molar-refractivity contribution in [3.8, 4) is 5.75 Å². The lowest BCUT2D eigenvalue weighted by Gasteiger charge is -2.07. The standard InChI is InChI=1S/C11H10ClN3O/c1-16-10-9(14-7-15-11(10)12)5-8-3-2-4-13-6-8/h2-4,6-7H,5H2,1H3. The molecule has 0 saturated carbocycles. The lowest BCUT2D eigenvalue weighted by molar-refractivity contribution is 0.405. The Hall–Kier alpha value is -1.68. The quantitative estimate of drug-likeness (QED) is 0.765. The summed E-state index contributed by atoms with van der Waals surface area (Å²) in [4.78, 5) is 12.1. The molecule has 0 atom stereocenters. The van der Waals surface area contributed by atoms with Crippen molar-refractivity contribution < 1.29 is 4.74 Å². The maximum absolute atomic E-state index is 5.90. The highest BCUT2D eigenvalue weighted by Crippen LogP contribution is 2.25. The van der Waals surface area contributed by atoms with Gasteiger partial charge >= 0.3 is 0 Å². The van der Waals surface area contributed by atoms with Gasteiger partial charge in [-0.1, -0.05) is 17.7 Å². The molecule has 0 aliphatic heterocycles. The fourth-order valence-electron chi connectivity index (χ4n) is 1.41. The van der Waals surface area contributed by atoms with Crippen LogP contribution in [-0.2, 0) is 6.42 Å². The van der Waals surface area contributed by atoms with Gasteiger partial charge in [0.25, 0.3) is 0 Å². The Morgan fingerprint density at radius 1 is 1.38 bits per heavy atom. The van der Waals surface area contributed by atoms with Crippen LogP contribution in [0.2, 0.25) is 5.15 Å². The molecule has 2 rings (SSSR count). The Balaban J connectivity index is 2.31. The third-order valence-electron chi connectivity index (χ3n) is 2.13. The van der Waals surface area contributed by atoms with Crippen molar-refractivity contribution in [1.82, 2.24) is 15.0 Å². The fraction of sp³-hybridized carbons (Fsp3) is 0.182. The summed E-state index contributed by atoms with van der Waals surface area (Å²) in [7, 11) is 1.55. The number of nitrogens with zero attached hydrogens (tertiary/aromatic N) is 3. The van der Waals surface area contributed by atoms with Crippen LogP contribution in [0.4, 0.5) is 0 Å². The Kier molecular flexibility index (Phi) is 3.31. The summed E-state index contributed by atoms with van der Waals surface area (Å²) in [6.07, 6.45) is 5.57. The second-order valence-electron chi connectivity index (χ2n) is 3.18. The molecule has 2 heterocycles. The lowest BCUT2D eigenvalue weighted by atomic mass is 10.1. The van der Waals surface area contributed by atoms with Gasteiger partial charge in [0.05, 0.1) is 12.8 Å². The molecule has 2 aromatic rings. The van der Waals surface area contributed by atoms with Crippen molar-refractivity contribution in [2.75, 3.05) is 7.11 Å². The third-order valence-corrected chi connectivity index (χ3v) is 2.40. The van der Waals surface area contributed by atoms with E-state index < -0.39 is 0 Å². The summed E-state index contributed by atoms with van der Waals surface area (Å²) in [5, 5.41) is 0.330. The van der Waals surface area contributed by atoms with Crippen LogP contribution in [0.3, 0.4) is 0 Å². The molecule has 0 fully saturated rings. The molecule has 5 heteroatoms. The number of hydrogen-bond donors (Lipinski definition) is 0. The van der Waals surface area contributed by atoms with Crippen molar-refractivity contribution in [2.45, 2.75) is 6.42 Å². The average Bonchev–Trinajstić information content (AvgIpc) is 2.31. The first-order valence-electron chi connectivity index (χ1n) is 4.73. The summed E-state index contributed by atoms with van der Waals surface area (Å²) < 4.78 is 5.17. The minimum absolute atomic E-state index is 0.330. The SMILES string of the molecule is COc1c(Cl)ncnc1Cc1cccnc1. The van der Waals surface area contributed by atoms with E-state index >= 15 is 0 Å². The molecule has 0 spiro atoms. The molecule has 0 radical (unpaired) electrons. The van der Waals surface area contributed by atoms with Crippen molar-refractivity contribution in [3.63, 3.8) is 0 Å². The molecule has 0 aliphatic rings. The van der Waals surface area contributed by atoms with E-state index in [1.165, 1.54) is 6.33 Å². The molecule has 0 bridgehead atoms. The van der Waals surface area contributed by atoms with Crippen molar-refractivity contribution in [2.24, 2.45) is 0 Å². The topological polar surface area (TPSA) is 47.9 Å². The zero-order valence-corrected chi connectivity index (χ0v) is 9.48. The minimum Gasteiger partial charge on any atom is -0.492 e. The highest BCUT2D eigenvalue weighted by atomic mass is 35.5. The van der Waals surface area contributed by atoms with E-state index in [4.69, 9.17) is 16.3 Å². The highest BCUT2D eigenvalue weighted by Gasteiger charge is 2.10. The summed E-state index contributed by atoms with van der Waals surface area (Å²) in [6.45, 7) is 0. The molecule has 82 valence electrons. The minimum atomic E-state index is 0.330. The van der Waals surface area contributed by atoms with Gasteiger partial charge in [-0.2, -0.15) is 0 Å². The molecule has 0 saturated heterocycles. The first kappa shape index (κ1) is 10.8. The van der Waals surface area contributed by atoms with E-state index in [-0.39, 0.29) is 0 Å². The van der Waals surface area contributed by atoms with Gasteiger partial charge in [-0.25, -0.2) is 9.97 Å². The number of methoxy groups -OCH3 is 1. The number of hydrogen-bond acceptors (Lipinski definition) is 4. The average molecular weight is 236 g/mol. The van der Waals surface area contributed by atoms with Gasteiger partial charge in [-0.05, 0) is 11.6 Å². The van der Waals surface area contributed by atoms with Gasteiger partial charge in [0.1, 0.15) is 6.33 Å². The van der Waals surface area contributed by atoms with Gasteiger partial charge in [0.15, 0.2) is 10.9 Å². The summed E-state index contributed by atoms with van der Waals surface area (Å²) in [5.41, 5.74) is 1.81. The Morgan fingerprint density at radius 3 is 2.94 bits per heavy atom. The van der Waals surface area contributed by atoms with Gasteiger partial charge < -0.3 is 4.74 Å². The first-order valence-corrected chi connectivity index (χ1v) is 5.11. The Bertz CT molecular complexity index is 476. The van der Waals surface area contributed by atoms with Gasteiger partial charge in [-0.15, -0.1) is 0 Å². The molecule has 4 nitrogen and oxygen atoms in total. The lowest BCUT2D eigenvalue weighted by Crippen LogP contribution is -1.99. The van der Waals surface area contributed by atoms with E-state index in [9.17, 15) is 0 Å². The second-order valence-corrected chi connectivity index (χ2v) is 3.54. The van der Waals surface area contributed by atoms with Crippen LogP contribution in [-0.4, -0.2) is 22.1 Å². The number of pyridine rings is 1.